The van der Waals surface area contributed by atoms with E-state index in [1.807, 2.05) is 22.3 Å². The molecule has 1 N–H and O–H groups in total. The zero-order valence-corrected chi connectivity index (χ0v) is 12.1. The summed E-state index contributed by atoms with van der Waals surface area (Å²) in [6.07, 6.45) is 7.52. The number of rotatable bonds is 8. The molecular formula is C12H17N5O2S. The van der Waals surface area contributed by atoms with Gasteiger partial charge in [0.15, 0.2) is 5.16 Å². The number of imidazole rings is 1. The van der Waals surface area contributed by atoms with Crippen molar-refractivity contribution in [2.24, 2.45) is 0 Å². The minimum atomic E-state index is -0.845. The summed E-state index contributed by atoms with van der Waals surface area (Å²) in [6, 6.07) is 0. The summed E-state index contributed by atoms with van der Waals surface area (Å²) in [6.45, 7) is 3.61. The molecule has 2 aromatic rings. The first-order chi connectivity index (χ1) is 9.66. The van der Waals surface area contributed by atoms with Gasteiger partial charge in [-0.2, -0.15) is 0 Å². The molecule has 0 spiro atoms. The molecule has 0 aliphatic rings. The first-order valence-electron chi connectivity index (χ1n) is 6.37. The molecule has 0 aliphatic heterocycles. The van der Waals surface area contributed by atoms with Gasteiger partial charge in [0, 0.05) is 25.5 Å². The quantitative estimate of drug-likeness (QED) is 0.586. The van der Waals surface area contributed by atoms with Crippen LogP contribution in [0.3, 0.4) is 0 Å². The van der Waals surface area contributed by atoms with Crippen LogP contribution in [0.4, 0.5) is 0 Å². The predicted octanol–water partition coefficient (Wildman–Crippen LogP) is 1.44. The van der Waals surface area contributed by atoms with Crippen LogP contribution in [0.2, 0.25) is 0 Å². The van der Waals surface area contributed by atoms with E-state index < -0.39 is 5.97 Å². The molecule has 108 valence electrons. The minimum Gasteiger partial charge on any atom is -0.481 e. The van der Waals surface area contributed by atoms with Crippen molar-refractivity contribution in [2.45, 2.75) is 38.0 Å². The number of hydrogen-bond acceptors (Lipinski definition) is 5. The number of aryl methyl sites for hydroxylation is 2. The summed E-state index contributed by atoms with van der Waals surface area (Å²) in [4.78, 5) is 14.6. The van der Waals surface area contributed by atoms with E-state index in [4.69, 9.17) is 5.11 Å². The van der Waals surface area contributed by atoms with Crippen LogP contribution in [0.25, 0.3) is 0 Å². The topological polar surface area (TPSA) is 85.8 Å². The van der Waals surface area contributed by atoms with Gasteiger partial charge in [0.25, 0.3) is 0 Å². The molecule has 2 rings (SSSR count). The van der Waals surface area contributed by atoms with Gasteiger partial charge < -0.3 is 14.2 Å². The van der Waals surface area contributed by atoms with Crippen LogP contribution in [0.15, 0.2) is 23.9 Å². The van der Waals surface area contributed by atoms with Crippen LogP contribution in [0, 0.1) is 6.92 Å². The maximum absolute atomic E-state index is 10.6. The van der Waals surface area contributed by atoms with Crippen LogP contribution < -0.4 is 0 Å². The third-order valence-electron chi connectivity index (χ3n) is 2.83. The molecule has 0 fully saturated rings. The maximum atomic E-state index is 10.6. The van der Waals surface area contributed by atoms with Gasteiger partial charge in [-0.05, 0) is 19.8 Å². The number of carbonyl (C=O) groups is 1. The van der Waals surface area contributed by atoms with Gasteiger partial charge in [-0.25, -0.2) is 4.98 Å². The highest BCUT2D eigenvalue weighted by molar-refractivity contribution is 7.99. The average molecular weight is 295 g/mol. The largest absolute Gasteiger partial charge is 0.481 e. The molecule has 8 heteroatoms. The number of nitrogens with zero attached hydrogens (tertiary/aromatic N) is 5. The molecule has 20 heavy (non-hydrogen) atoms. The van der Waals surface area contributed by atoms with Crippen LogP contribution in [-0.2, 0) is 17.9 Å². The summed E-state index contributed by atoms with van der Waals surface area (Å²) in [5.74, 6) is -0.0180. The highest BCUT2D eigenvalue weighted by atomic mass is 32.2. The normalized spacial score (nSPS) is 10.8. The smallest absolute Gasteiger partial charge is 0.313 e. The summed E-state index contributed by atoms with van der Waals surface area (Å²) in [7, 11) is 0. The molecule has 0 radical (unpaired) electrons. The molecule has 0 unspecified atom stereocenters. The van der Waals surface area contributed by atoms with E-state index >= 15 is 0 Å². The fraction of sp³-hybridized carbons (Fsp3) is 0.500. The van der Waals surface area contributed by atoms with Crippen molar-refractivity contribution in [3.05, 3.63) is 24.5 Å². The lowest BCUT2D eigenvalue weighted by atomic mass is 10.3. The molecule has 0 atom stereocenters. The number of carboxylic acid groups (broad SMARTS) is 1. The Bertz CT molecular complexity index is 552. The minimum absolute atomic E-state index is 0.00711. The summed E-state index contributed by atoms with van der Waals surface area (Å²) in [5.41, 5.74) is 0. The average Bonchev–Trinajstić information content (AvgIpc) is 3.03. The first-order valence-corrected chi connectivity index (χ1v) is 7.35. The number of carboxylic acids is 1. The van der Waals surface area contributed by atoms with E-state index in [0.29, 0.717) is 5.16 Å². The summed E-state index contributed by atoms with van der Waals surface area (Å²) < 4.78 is 4.01. The second-order valence-electron chi connectivity index (χ2n) is 4.37. The van der Waals surface area contributed by atoms with E-state index in [1.54, 1.807) is 12.5 Å². The molecule has 7 nitrogen and oxygen atoms in total. The Morgan fingerprint density at radius 1 is 1.35 bits per heavy atom. The van der Waals surface area contributed by atoms with E-state index in [1.165, 1.54) is 11.8 Å². The van der Waals surface area contributed by atoms with Crippen molar-refractivity contribution < 1.29 is 9.90 Å². The highest BCUT2D eigenvalue weighted by Gasteiger charge is 2.10. The lowest BCUT2D eigenvalue weighted by Gasteiger charge is -2.07. The Morgan fingerprint density at radius 2 is 2.15 bits per heavy atom. The van der Waals surface area contributed by atoms with Crippen molar-refractivity contribution in [1.29, 1.82) is 0 Å². The fourth-order valence-electron chi connectivity index (χ4n) is 1.84. The number of unbranched alkanes of at least 4 members (excludes halogenated alkanes) is 1. The molecule has 0 saturated carbocycles. The van der Waals surface area contributed by atoms with Crippen molar-refractivity contribution in [3.8, 4) is 0 Å². The van der Waals surface area contributed by atoms with E-state index in [9.17, 15) is 4.79 Å². The predicted molar refractivity (Wildman–Crippen MR) is 74.6 cm³/mol. The third-order valence-corrected chi connectivity index (χ3v) is 3.79. The first kappa shape index (κ1) is 14.6. The highest BCUT2D eigenvalue weighted by Crippen LogP contribution is 2.17. The van der Waals surface area contributed by atoms with Crippen LogP contribution in [0.1, 0.15) is 18.7 Å². The lowest BCUT2D eigenvalue weighted by Crippen LogP contribution is -2.06. The Labute approximate surface area is 121 Å². The molecule has 0 aliphatic carbocycles. The monoisotopic (exact) mass is 295 g/mol. The zero-order chi connectivity index (χ0) is 14.4. The lowest BCUT2D eigenvalue weighted by molar-refractivity contribution is -0.133. The molecule has 0 aromatic carbocycles. The molecule has 2 heterocycles. The second kappa shape index (κ2) is 7.09. The summed E-state index contributed by atoms with van der Waals surface area (Å²) >= 11 is 1.21. The van der Waals surface area contributed by atoms with Crippen LogP contribution >= 0.6 is 11.8 Å². The van der Waals surface area contributed by atoms with Crippen LogP contribution in [0.5, 0.6) is 0 Å². The van der Waals surface area contributed by atoms with E-state index in [0.717, 1.165) is 31.8 Å². The second-order valence-corrected chi connectivity index (χ2v) is 5.31. The molecular weight excluding hydrogens is 278 g/mol. The number of aromatic nitrogens is 5. The van der Waals surface area contributed by atoms with Gasteiger partial charge in [0.2, 0.25) is 0 Å². The van der Waals surface area contributed by atoms with Gasteiger partial charge in [0.05, 0.1) is 12.1 Å². The molecule has 2 aromatic heterocycles. The van der Waals surface area contributed by atoms with Gasteiger partial charge in [-0.15, -0.1) is 10.2 Å². The Balaban J connectivity index is 1.82. The Kier molecular flexibility index (Phi) is 5.16. The standard InChI is InChI=1S/C12H17N5O2S/c1-10-14-15-12(20-8-11(18)19)17(10)6-3-2-5-16-7-4-13-9-16/h4,7,9H,2-3,5-6,8H2,1H3,(H,18,19). The van der Waals surface area contributed by atoms with Crippen molar-refractivity contribution in [2.75, 3.05) is 5.75 Å². The van der Waals surface area contributed by atoms with Gasteiger partial charge in [-0.1, -0.05) is 11.8 Å². The zero-order valence-electron chi connectivity index (χ0n) is 11.3. The number of hydrogen-bond donors (Lipinski definition) is 1. The van der Waals surface area contributed by atoms with E-state index in [2.05, 4.69) is 15.2 Å². The molecule has 0 saturated heterocycles. The fourth-order valence-corrected chi connectivity index (χ4v) is 2.57. The van der Waals surface area contributed by atoms with Gasteiger partial charge >= 0.3 is 5.97 Å². The van der Waals surface area contributed by atoms with Gasteiger partial charge in [-0.3, -0.25) is 4.79 Å². The number of thioether (sulfide) groups is 1. The van der Waals surface area contributed by atoms with Crippen molar-refractivity contribution >= 4 is 17.7 Å². The van der Waals surface area contributed by atoms with Crippen LogP contribution in [-0.4, -0.2) is 41.1 Å². The third kappa shape index (κ3) is 4.09. The van der Waals surface area contributed by atoms with Crippen molar-refractivity contribution in [1.82, 2.24) is 24.3 Å². The molecule has 0 amide bonds. The van der Waals surface area contributed by atoms with E-state index in [-0.39, 0.29) is 5.75 Å². The SMILES string of the molecule is Cc1nnc(SCC(=O)O)n1CCCCn1ccnc1. The Morgan fingerprint density at radius 3 is 2.85 bits per heavy atom. The maximum Gasteiger partial charge on any atom is 0.313 e. The van der Waals surface area contributed by atoms with Crippen molar-refractivity contribution in [3.63, 3.8) is 0 Å². The number of aliphatic carboxylic acids is 1. The van der Waals surface area contributed by atoms with Gasteiger partial charge in [0.1, 0.15) is 5.82 Å². The summed E-state index contributed by atoms with van der Waals surface area (Å²) in [5, 5.41) is 17.4. The molecule has 0 bridgehead atoms. The Hall–Kier alpha value is -1.83.